The molecule has 2 amide bonds. The van der Waals surface area contributed by atoms with Crippen molar-refractivity contribution in [2.24, 2.45) is 11.8 Å². The Hall–Kier alpha value is -3.93. The standard InChI is InChI=1S/C31H29NO5/c1-2-3-17-36-20-14-12-19(13-15-20)31(35)37-18-16-32-29(33)27-25-21-8-4-5-9-22(21)26(28(27)30(32)34)24-11-7-6-10-23(24)25/h4-15,25-28H,2-3,16-18H2,1H3/t25?,26?,27-,28+. The molecule has 3 aromatic carbocycles. The minimum absolute atomic E-state index is 0.0419. The zero-order chi connectivity index (χ0) is 25.5. The van der Waals surface area contributed by atoms with Gasteiger partial charge in [0.15, 0.2) is 0 Å². The Morgan fingerprint density at radius 1 is 0.757 bits per heavy atom. The second kappa shape index (κ2) is 9.51. The topological polar surface area (TPSA) is 72.9 Å². The lowest BCUT2D eigenvalue weighted by Gasteiger charge is -2.45. The second-order valence-electron chi connectivity index (χ2n) is 9.96. The van der Waals surface area contributed by atoms with Crippen molar-refractivity contribution in [1.82, 2.24) is 4.90 Å². The van der Waals surface area contributed by atoms with Crippen molar-refractivity contribution in [1.29, 1.82) is 0 Å². The van der Waals surface area contributed by atoms with Gasteiger partial charge in [-0.25, -0.2) is 4.79 Å². The summed E-state index contributed by atoms with van der Waals surface area (Å²) in [6.45, 7) is 2.75. The van der Waals surface area contributed by atoms with Crippen LogP contribution in [0.3, 0.4) is 0 Å². The molecule has 188 valence electrons. The van der Waals surface area contributed by atoms with Crippen LogP contribution < -0.4 is 4.74 Å². The molecule has 3 aliphatic carbocycles. The van der Waals surface area contributed by atoms with Crippen molar-refractivity contribution < 1.29 is 23.9 Å². The van der Waals surface area contributed by atoms with E-state index in [0.29, 0.717) is 17.9 Å². The maximum absolute atomic E-state index is 13.6. The molecule has 0 unspecified atom stereocenters. The minimum Gasteiger partial charge on any atom is -0.494 e. The first-order valence-corrected chi connectivity index (χ1v) is 13.0. The smallest absolute Gasteiger partial charge is 0.338 e. The summed E-state index contributed by atoms with van der Waals surface area (Å²) in [6, 6.07) is 23.2. The van der Waals surface area contributed by atoms with Crippen LogP contribution in [0.5, 0.6) is 5.75 Å². The number of rotatable bonds is 8. The lowest BCUT2D eigenvalue weighted by atomic mass is 9.55. The SMILES string of the molecule is CCCCOc1ccc(C(=O)OCCN2C(=O)[C@@H]3C4c5ccccc5C(c5ccccc54)[C@@H]3C2=O)cc1. The van der Waals surface area contributed by atoms with Crippen LogP contribution in [0, 0.1) is 11.8 Å². The molecular formula is C31H29NO5. The van der Waals surface area contributed by atoms with Crippen molar-refractivity contribution in [2.75, 3.05) is 19.8 Å². The first-order chi connectivity index (χ1) is 18.1. The molecule has 1 heterocycles. The predicted octanol–water partition coefficient (Wildman–Crippen LogP) is 4.91. The summed E-state index contributed by atoms with van der Waals surface area (Å²) in [5.41, 5.74) is 4.97. The lowest BCUT2D eigenvalue weighted by molar-refractivity contribution is -0.140. The van der Waals surface area contributed by atoms with Crippen LogP contribution in [0.25, 0.3) is 0 Å². The number of hydrogen-bond acceptors (Lipinski definition) is 5. The lowest BCUT2D eigenvalue weighted by Crippen LogP contribution is -2.41. The third-order valence-electron chi connectivity index (χ3n) is 7.94. The summed E-state index contributed by atoms with van der Waals surface area (Å²) in [5, 5.41) is 0. The van der Waals surface area contributed by atoms with E-state index in [4.69, 9.17) is 9.47 Å². The fourth-order valence-electron chi connectivity index (χ4n) is 6.29. The Morgan fingerprint density at radius 2 is 1.27 bits per heavy atom. The number of amides is 2. The van der Waals surface area contributed by atoms with Crippen LogP contribution in [0.15, 0.2) is 72.8 Å². The molecule has 0 aromatic heterocycles. The van der Waals surface area contributed by atoms with E-state index in [1.807, 2.05) is 24.3 Å². The van der Waals surface area contributed by atoms with Gasteiger partial charge in [-0.05, 0) is 52.9 Å². The van der Waals surface area contributed by atoms with Crippen LogP contribution in [0.1, 0.15) is 64.2 Å². The molecule has 6 heteroatoms. The monoisotopic (exact) mass is 495 g/mol. The Balaban J connectivity index is 1.15. The zero-order valence-corrected chi connectivity index (χ0v) is 20.8. The van der Waals surface area contributed by atoms with Gasteiger partial charge in [-0.1, -0.05) is 61.9 Å². The third-order valence-corrected chi connectivity index (χ3v) is 7.94. The molecular weight excluding hydrogens is 466 g/mol. The van der Waals surface area contributed by atoms with Crippen LogP contribution in [0.4, 0.5) is 0 Å². The fourth-order valence-corrected chi connectivity index (χ4v) is 6.29. The van der Waals surface area contributed by atoms with Crippen molar-refractivity contribution in [3.8, 4) is 5.75 Å². The maximum Gasteiger partial charge on any atom is 0.338 e. The number of hydrogen-bond donors (Lipinski definition) is 0. The number of nitrogens with zero attached hydrogens (tertiary/aromatic N) is 1. The van der Waals surface area contributed by atoms with Crippen molar-refractivity contribution in [3.05, 3.63) is 101 Å². The van der Waals surface area contributed by atoms with Gasteiger partial charge in [-0.3, -0.25) is 14.5 Å². The predicted molar refractivity (Wildman–Crippen MR) is 137 cm³/mol. The van der Waals surface area contributed by atoms with Gasteiger partial charge in [-0.15, -0.1) is 0 Å². The van der Waals surface area contributed by atoms with Gasteiger partial charge in [0.1, 0.15) is 12.4 Å². The first-order valence-electron chi connectivity index (χ1n) is 13.0. The number of carbonyl (C=O) groups excluding carboxylic acids is 3. The highest BCUT2D eigenvalue weighted by Crippen LogP contribution is 2.60. The highest BCUT2D eigenvalue weighted by molar-refractivity contribution is 6.07. The van der Waals surface area contributed by atoms with E-state index in [-0.39, 0.29) is 36.8 Å². The zero-order valence-electron chi connectivity index (χ0n) is 20.8. The average Bonchev–Trinajstić information content (AvgIpc) is 3.19. The molecule has 3 aromatic rings. The van der Waals surface area contributed by atoms with E-state index in [1.165, 1.54) is 4.90 Å². The van der Waals surface area contributed by atoms with Gasteiger partial charge in [0.2, 0.25) is 11.8 Å². The minimum atomic E-state index is -0.489. The number of ether oxygens (including phenoxy) is 2. The van der Waals surface area contributed by atoms with Gasteiger partial charge in [0.25, 0.3) is 0 Å². The molecule has 1 aliphatic heterocycles. The molecule has 2 atom stereocenters. The maximum atomic E-state index is 13.6. The van der Waals surface area contributed by atoms with Gasteiger partial charge in [0.05, 0.1) is 30.6 Å². The van der Waals surface area contributed by atoms with Gasteiger partial charge >= 0.3 is 5.97 Å². The highest BCUT2D eigenvalue weighted by Gasteiger charge is 2.61. The summed E-state index contributed by atoms with van der Waals surface area (Å²) in [4.78, 5) is 41.1. The summed E-state index contributed by atoms with van der Waals surface area (Å²) in [7, 11) is 0. The number of unbranched alkanes of at least 4 members (excludes halogenated alkanes) is 1. The summed E-state index contributed by atoms with van der Waals surface area (Å²) in [6.07, 6.45) is 2.02. The fraction of sp³-hybridized carbons (Fsp3) is 0.323. The van der Waals surface area contributed by atoms with Crippen LogP contribution in [-0.4, -0.2) is 42.4 Å². The molecule has 1 fully saturated rings. The van der Waals surface area contributed by atoms with Crippen molar-refractivity contribution >= 4 is 17.8 Å². The summed E-state index contributed by atoms with van der Waals surface area (Å²) >= 11 is 0. The largest absolute Gasteiger partial charge is 0.494 e. The van der Waals surface area contributed by atoms with E-state index >= 15 is 0 Å². The van der Waals surface area contributed by atoms with Crippen molar-refractivity contribution in [3.63, 3.8) is 0 Å². The number of benzene rings is 3. The van der Waals surface area contributed by atoms with E-state index in [2.05, 4.69) is 31.2 Å². The van der Waals surface area contributed by atoms with Gasteiger partial charge in [0, 0.05) is 11.8 Å². The number of likely N-dealkylation sites (tertiary alicyclic amines) is 1. The molecule has 0 radical (unpaired) electrons. The molecule has 0 saturated carbocycles. The molecule has 4 aliphatic rings. The molecule has 7 rings (SSSR count). The normalized spacial score (nSPS) is 22.9. The number of esters is 1. The number of carbonyl (C=O) groups is 3. The Kier molecular flexibility index (Phi) is 6.03. The Bertz CT molecular complexity index is 1250. The van der Waals surface area contributed by atoms with Crippen LogP contribution >= 0.6 is 0 Å². The quantitative estimate of drug-likeness (QED) is 0.252. The second-order valence-corrected chi connectivity index (χ2v) is 9.96. The van der Waals surface area contributed by atoms with E-state index in [0.717, 1.165) is 35.1 Å². The average molecular weight is 496 g/mol. The van der Waals surface area contributed by atoms with Gasteiger partial charge < -0.3 is 9.47 Å². The molecule has 1 saturated heterocycles. The highest BCUT2D eigenvalue weighted by atomic mass is 16.5. The Labute approximate surface area is 216 Å². The molecule has 0 spiro atoms. The van der Waals surface area contributed by atoms with Crippen LogP contribution in [-0.2, 0) is 14.3 Å². The molecule has 2 bridgehead atoms. The number of imide groups is 1. The van der Waals surface area contributed by atoms with E-state index < -0.39 is 17.8 Å². The third kappa shape index (κ3) is 3.82. The van der Waals surface area contributed by atoms with E-state index in [9.17, 15) is 14.4 Å². The molecule has 0 N–H and O–H groups in total. The Morgan fingerprint density at radius 3 is 1.76 bits per heavy atom. The van der Waals surface area contributed by atoms with E-state index in [1.54, 1.807) is 24.3 Å². The molecule has 6 nitrogen and oxygen atoms in total. The van der Waals surface area contributed by atoms with Gasteiger partial charge in [-0.2, -0.15) is 0 Å². The van der Waals surface area contributed by atoms with Crippen LogP contribution in [0.2, 0.25) is 0 Å². The van der Waals surface area contributed by atoms with Crippen molar-refractivity contribution in [2.45, 2.75) is 31.6 Å². The first kappa shape index (κ1) is 23.5. The molecule has 37 heavy (non-hydrogen) atoms. The summed E-state index contributed by atoms with van der Waals surface area (Å²) < 4.78 is 11.1. The summed E-state index contributed by atoms with van der Waals surface area (Å²) in [5.74, 6) is -1.23.